The van der Waals surface area contributed by atoms with Crippen molar-refractivity contribution >= 4 is 5.82 Å². The zero-order valence-electron chi connectivity index (χ0n) is 16.1. The highest BCUT2D eigenvalue weighted by Gasteiger charge is 2.17. The van der Waals surface area contributed by atoms with Crippen LogP contribution in [0.25, 0.3) is 11.3 Å². The fourth-order valence-corrected chi connectivity index (χ4v) is 2.90. The molecule has 25 heavy (non-hydrogen) atoms. The number of nitrogens with zero attached hydrogens (tertiary/aromatic N) is 2. The second-order valence-corrected chi connectivity index (χ2v) is 6.05. The second-order valence-electron chi connectivity index (χ2n) is 6.05. The Labute approximate surface area is 150 Å². The molecule has 5 nitrogen and oxygen atoms in total. The Morgan fingerprint density at radius 1 is 1.04 bits per heavy atom. The van der Waals surface area contributed by atoms with Gasteiger partial charge in [-0.25, -0.2) is 9.97 Å². The first-order chi connectivity index (χ1) is 12.1. The van der Waals surface area contributed by atoms with Crippen molar-refractivity contribution in [3.05, 3.63) is 29.5 Å². The number of nitrogens with one attached hydrogen (secondary N) is 1. The van der Waals surface area contributed by atoms with Gasteiger partial charge in [-0.05, 0) is 49.9 Å². The van der Waals surface area contributed by atoms with Crippen LogP contribution in [0, 0.1) is 6.92 Å². The van der Waals surface area contributed by atoms with Gasteiger partial charge in [0, 0.05) is 11.6 Å². The van der Waals surface area contributed by atoms with Crippen molar-refractivity contribution in [3.8, 4) is 22.9 Å². The smallest absolute Gasteiger partial charge is 0.257 e. The first kappa shape index (κ1) is 19.0. The summed E-state index contributed by atoms with van der Waals surface area (Å²) in [6.45, 7) is 8.44. The van der Waals surface area contributed by atoms with Crippen molar-refractivity contribution in [2.75, 3.05) is 19.5 Å². The maximum atomic E-state index is 5.51. The highest BCUT2D eigenvalue weighted by Crippen LogP contribution is 2.32. The molecular weight excluding hydrogens is 314 g/mol. The lowest BCUT2D eigenvalue weighted by molar-refractivity contribution is 0.397. The lowest BCUT2D eigenvalue weighted by Crippen LogP contribution is -2.19. The summed E-state index contributed by atoms with van der Waals surface area (Å²) in [6, 6.07) is 6.42. The summed E-state index contributed by atoms with van der Waals surface area (Å²) in [5, 5.41) is 3.45. The van der Waals surface area contributed by atoms with Gasteiger partial charge in [0.1, 0.15) is 5.75 Å². The van der Waals surface area contributed by atoms with Crippen molar-refractivity contribution in [2.24, 2.45) is 0 Å². The molecule has 2 aromatic rings. The summed E-state index contributed by atoms with van der Waals surface area (Å²) in [6.07, 6.45) is 2.95. The molecule has 0 unspecified atom stereocenters. The van der Waals surface area contributed by atoms with Crippen LogP contribution in [-0.2, 0) is 6.42 Å². The van der Waals surface area contributed by atoms with Gasteiger partial charge in [0.15, 0.2) is 5.82 Å². The summed E-state index contributed by atoms with van der Waals surface area (Å²) in [5.41, 5.74) is 3.99. The van der Waals surface area contributed by atoms with Crippen LogP contribution in [0.5, 0.6) is 11.6 Å². The highest BCUT2D eigenvalue weighted by molar-refractivity contribution is 5.69. The van der Waals surface area contributed by atoms with Crippen molar-refractivity contribution in [2.45, 2.75) is 53.0 Å². The van der Waals surface area contributed by atoms with Crippen molar-refractivity contribution in [3.63, 3.8) is 0 Å². The van der Waals surface area contributed by atoms with Gasteiger partial charge in [0.25, 0.3) is 5.88 Å². The summed E-state index contributed by atoms with van der Waals surface area (Å²) in [7, 11) is 3.32. The summed E-state index contributed by atoms with van der Waals surface area (Å²) >= 11 is 0. The van der Waals surface area contributed by atoms with Crippen molar-refractivity contribution < 1.29 is 9.47 Å². The van der Waals surface area contributed by atoms with Crippen LogP contribution in [0.1, 0.15) is 44.9 Å². The van der Waals surface area contributed by atoms with Crippen LogP contribution in [-0.4, -0.2) is 30.2 Å². The molecule has 1 heterocycles. The van der Waals surface area contributed by atoms with Gasteiger partial charge in [-0.2, -0.15) is 0 Å². The average molecular weight is 343 g/mol. The van der Waals surface area contributed by atoms with E-state index in [2.05, 4.69) is 32.2 Å². The molecule has 0 spiro atoms. The van der Waals surface area contributed by atoms with E-state index in [1.54, 1.807) is 14.2 Å². The topological polar surface area (TPSA) is 56.3 Å². The lowest BCUT2D eigenvalue weighted by Gasteiger charge is -2.19. The third-order valence-corrected chi connectivity index (χ3v) is 4.51. The molecule has 1 aromatic carbocycles. The Kier molecular flexibility index (Phi) is 6.62. The number of anilines is 1. The van der Waals surface area contributed by atoms with E-state index in [4.69, 9.17) is 19.4 Å². The molecule has 0 fully saturated rings. The van der Waals surface area contributed by atoms with Gasteiger partial charge in [-0.15, -0.1) is 0 Å². The molecule has 0 aliphatic carbocycles. The van der Waals surface area contributed by atoms with Gasteiger partial charge in [-0.3, -0.25) is 0 Å². The van der Waals surface area contributed by atoms with Gasteiger partial charge >= 0.3 is 0 Å². The fraction of sp³-hybridized carbons (Fsp3) is 0.500. The fourth-order valence-electron chi connectivity index (χ4n) is 2.90. The standard InChI is InChI=1S/C20H29N3O2/c1-7-14-12-16(24-5)10-11-17(14)18-13(4)21-19(20(23-18)25-6)22-15(8-2)9-3/h10-12,15H,7-9H2,1-6H3,(H,21,22). The molecule has 1 N–H and O–H groups in total. The highest BCUT2D eigenvalue weighted by atomic mass is 16.5. The Balaban J connectivity index is 2.50. The molecule has 0 amide bonds. The zero-order valence-corrected chi connectivity index (χ0v) is 16.1. The third-order valence-electron chi connectivity index (χ3n) is 4.51. The maximum Gasteiger partial charge on any atom is 0.257 e. The van der Waals surface area contributed by atoms with E-state index in [-0.39, 0.29) is 0 Å². The molecule has 0 radical (unpaired) electrons. The van der Waals surface area contributed by atoms with Gasteiger partial charge < -0.3 is 14.8 Å². The normalized spacial score (nSPS) is 10.8. The Bertz CT molecular complexity index is 712. The SMILES string of the molecule is CCc1cc(OC)ccc1-c1nc(OC)c(NC(CC)CC)nc1C. The molecule has 0 bridgehead atoms. The predicted molar refractivity (Wildman–Crippen MR) is 103 cm³/mol. The minimum atomic E-state index is 0.362. The maximum absolute atomic E-state index is 5.51. The average Bonchev–Trinajstić information content (AvgIpc) is 2.65. The predicted octanol–water partition coefficient (Wildman–Crippen LogP) is 4.63. The van der Waals surface area contributed by atoms with Crippen molar-refractivity contribution in [1.29, 1.82) is 0 Å². The molecule has 0 atom stereocenters. The first-order valence-corrected chi connectivity index (χ1v) is 8.94. The van der Waals surface area contributed by atoms with Crippen LogP contribution in [0.3, 0.4) is 0 Å². The van der Waals surface area contributed by atoms with Gasteiger partial charge in [0.2, 0.25) is 0 Å². The zero-order chi connectivity index (χ0) is 18.4. The van der Waals surface area contributed by atoms with E-state index in [9.17, 15) is 0 Å². The molecule has 1 aromatic heterocycles. The number of hydrogen-bond acceptors (Lipinski definition) is 5. The molecule has 0 aliphatic heterocycles. The van der Waals surface area contributed by atoms with Crippen LogP contribution in [0.2, 0.25) is 0 Å². The van der Waals surface area contributed by atoms with E-state index < -0.39 is 0 Å². The number of aromatic nitrogens is 2. The molecule has 2 rings (SSSR count). The molecule has 0 saturated carbocycles. The lowest BCUT2D eigenvalue weighted by atomic mass is 10.0. The minimum Gasteiger partial charge on any atom is -0.497 e. The number of aryl methyl sites for hydroxylation is 2. The second kappa shape index (κ2) is 8.70. The van der Waals surface area contributed by atoms with Crippen LogP contribution < -0.4 is 14.8 Å². The van der Waals surface area contributed by atoms with Crippen LogP contribution >= 0.6 is 0 Å². The Morgan fingerprint density at radius 2 is 1.76 bits per heavy atom. The van der Waals surface area contributed by atoms with E-state index in [1.165, 1.54) is 5.56 Å². The van der Waals surface area contributed by atoms with E-state index >= 15 is 0 Å². The van der Waals surface area contributed by atoms with E-state index in [0.717, 1.165) is 42.0 Å². The van der Waals surface area contributed by atoms with Crippen LogP contribution in [0.15, 0.2) is 18.2 Å². The molecule has 0 aliphatic rings. The van der Waals surface area contributed by atoms with Crippen molar-refractivity contribution in [1.82, 2.24) is 9.97 Å². The summed E-state index contributed by atoms with van der Waals surface area (Å²) in [5.74, 6) is 2.10. The number of hydrogen-bond donors (Lipinski definition) is 1. The minimum absolute atomic E-state index is 0.362. The summed E-state index contributed by atoms with van der Waals surface area (Å²) < 4.78 is 10.8. The molecule has 136 valence electrons. The number of benzene rings is 1. The number of methoxy groups -OCH3 is 2. The Morgan fingerprint density at radius 3 is 2.32 bits per heavy atom. The summed E-state index contributed by atoms with van der Waals surface area (Å²) in [4.78, 5) is 9.50. The first-order valence-electron chi connectivity index (χ1n) is 8.94. The quantitative estimate of drug-likeness (QED) is 0.757. The largest absolute Gasteiger partial charge is 0.497 e. The van der Waals surface area contributed by atoms with E-state index in [0.29, 0.717) is 17.7 Å². The van der Waals surface area contributed by atoms with Gasteiger partial charge in [-0.1, -0.05) is 20.8 Å². The van der Waals surface area contributed by atoms with E-state index in [1.807, 2.05) is 19.1 Å². The molecule has 0 saturated heterocycles. The monoisotopic (exact) mass is 343 g/mol. The number of ether oxygens (including phenoxy) is 2. The Hall–Kier alpha value is -2.30. The van der Waals surface area contributed by atoms with Crippen LogP contribution in [0.4, 0.5) is 5.82 Å². The number of rotatable bonds is 8. The molecule has 5 heteroatoms. The molecular formula is C20H29N3O2. The third kappa shape index (κ3) is 4.21. The van der Waals surface area contributed by atoms with Gasteiger partial charge in [0.05, 0.1) is 25.6 Å².